The van der Waals surface area contributed by atoms with Gasteiger partial charge in [-0.05, 0) is 19.1 Å². The lowest BCUT2D eigenvalue weighted by molar-refractivity contribution is 0.416. The molecular formula is C12H11ClN2O2. The number of hydrogen-bond donors (Lipinski definition) is 0. The maximum absolute atomic E-state index is 11.4. The van der Waals surface area contributed by atoms with E-state index in [4.69, 9.17) is 16.5 Å². The Morgan fingerprint density at radius 1 is 1.35 bits per heavy atom. The number of aryl methyl sites for hydroxylation is 1. The second-order valence-corrected chi connectivity index (χ2v) is 3.88. The average Bonchev–Trinajstić information content (AvgIpc) is 2.33. The molecule has 0 aliphatic carbocycles. The lowest BCUT2D eigenvalue weighted by Gasteiger charge is -2.11. The van der Waals surface area contributed by atoms with Crippen molar-refractivity contribution in [3.63, 3.8) is 0 Å². The average molecular weight is 251 g/mol. The van der Waals surface area contributed by atoms with Crippen molar-refractivity contribution in [3.05, 3.63) is 46.4 Å². The molecule has 0 bridgehead atoms. The predicted octanol–water partition coefficient (Wildman–Crippen LogP) is 2.23. The number of hydrogen-bond acceptors (Lipinski definition) is 3. The van der Waals surface area contributed by atoms with E-state index in [-0.39, 0.29) is 5.56 Å². The molecule has 0 saturated heterocycles. The van der Waals surface area contributed by atoms with Crippen LogP contribution in [0.5, 0.6) is 5.75 Å². The molecule has 4 nitrogen and oxygen atoms in total. The highest BCUT2D eigenvalue weighted by molar-refractivity contribution is 6.17. The monoisotopic (exact) mass is 250 g/mol. The summed E-state index contributed by atoms with van der Waals surface area (Å²) in [4.78, 5) is 15.3. The van der Waals surface area contributed by atoms with Crippen LogP contribution in [0.4, 0.5) is 0 Å². The Morgan fingerprint density at radius 3 is 2.76 bits per heavy atom. The van der Waals surface area contributed by atoms with Crippen LogP contribution >= 0.6 is 11.8 Å². The molecule has 1 aromatic carbocycles. The first-order chi connectivity index (χ1) is 8.13. The van der Waals surface area contributed by atoms with Crippen molar-refractivity contribution in [1.82, 2.24) is 9.07 Å². The topological polar surface area (TPSA) is 44.1 Å². The Kier molecular flexibility index (Phi) is 3.15. The van der Waals surface area contributed by atoms with Crippen LogP contribution in [-0.4, -0.2) is 16.2 Å². The molecule has 88 valence electrons. The van der Waals surface area contributed by atoms with Gasteiger partial charge in [0.05, 0.1) is 12.7 Å². The van der Waals surface area contributed by atoms with Crippen LogP contribution < -0.4 is 10.3 Å². The summed E-state index contributed by atoms with van der Waals surface area (Å²) in [5.74, 6) is 1.01. The molecule has 0 aliphatic rings. The van der Waals surface area contributed by atoms with Crippen molar-refractivity contribution in [2.75, 3.05) is 7.11 Å². The Morgan fingerprint density at radius 2 is 2.06 bits per heavy atom. The number of aromatic nitrogens is 2. The van der Waals surface area contributed by atoms with Crippen molar-refractivity contribution >= 4 is 11.8 Å². The molecular weight excluding hydrogens is 240 g/mol. The minimum Gasteiger partial charge on any atom is -0.496 e. The van der Waals surface area contributed by atoms with Crippen molar-refractivity contribution < 1.29 is 4.74 Å². The fourth-order valence-corrected chi connectivity index (χ4v) is 1.76. The van der Waals surface area contributed by atoms with Crippen LogP contribution in [0.2, 0.25) is 0 Å². The summed E-state index contributed by atoms with van der Waals surface area (Å²) in [5, 5.41) is 0. The number of halogens is 1. The molecule has 0 fully saturated rings. The van der Waals surface area contributed by atoms with E-state index in [1.54, 1.807) is 26.2 Å². The van der Waals surface area contributed by atoms with Gasteiger partial charge in [-0.3, -0.25) is 4.79 Å². The normalized spacial score (nSPS) is 10.3. The van der Waals surface area contributed by atoms with Gasteiger partial charge in [-0.1, -0.05) is 12.1 Å². The van der Waals surface area contributed by atoms with E-state index >= 15 is 0 Å². The molecule has 17 heavy (non-hydrogen) atoms. The third-order valence-electron chi connectivity index (χ3n) is 2.39. The van der Waals surface area contributed by atoms with Gasteiger partial charge in [0.25, 0.3) is 5.56 Å². The molecule has 0 spiro atoms. The van der Waals surface area contributed by atoms with Crippen molar-refractivity contribution in [2.45, 2.75) is 6.92 Å². The van der Waals surface area contributed by atoms with E-state index in [0.717, 1.165) is 0 Å². The largest absolute Gasteiger partial charge is 0.496 e. The number of nitrogens with zero attached hydrogens (tertiary/aromatic N) is 2. The molecule has 0 amide bonds. The van der Waals surface area contributed by atoms with E-state index in [2.05, 4.69) is 4.98 Å². The molecule has 0 atom stereocenters. The molecule has 5 heteroatoms. The number of benzene rings is 1. The SMILES string of the molecule is COc1ccccc1-c1nc(=O)cc(C)n1Cl. The van der Waals surface area contributed by atoms with Gasteiger partial charge in [0.15, 0.2) is 5.82 Å². The highest BCUT2D eigenvalue weighted by atomic mass is 35.5. The summed E-state index contributed by atoms with van der Waals surface area (Å²) >= 11 is 6.09. The molecule has 0 saturated carbocycles. The molecule has 1 heterocycles. The molecule has 0 radical (unpaired) electrons. The standard InChI is InChI=1S/C12H11ClN2O2/c1-8-7-11(16)14-12(15(8)13)9-5-3-4-6-10(9)17-2/h3-7H,1-2H3. The van der Waals surface area contributed by atoms with Gasteiger partial charge in [0, 0.05) is 23.5 Å². The van der Waals surface area contributed by atoms with Gasteiger partial charge < -0.3 is 4.74 Å². The van der Waals surface area contributed by atoms with Gasteiger partial charge in [0.1, 0.15) is 5.75 Å². The van der Waals surface area contributed by atoms with Crippen LogP contribution in [-0.2, 0) is 0 Å². The molecule has 1 aromatic heterocycles. The minimum atomic E-state index is -0.319. The van der Waals surface area contributed by atoms with Gasteiger partial charge in [0.2, 0.25) is 0 Å². The van der Waals surface area contributed by atoms with Crippen LogP contribution in [0.25, 0.3) is 11.4 Å². The second kappa shape index (κ2) is 4.59. The number of ether oxygens (including phenoxy) is 1. The quantitative estimate of drug-likeness (QED) is 0.821. The summed E-state index contributed by atoms with van der Waals surface area (Å²) in [6.45, 7) is 1.75. The highest BCUT2D eigenvalue weighted by Gasteiger charge is 2.12. The van der Waals surface area contributed by atoms with E-state index in [1.165, 1.54) is 10.2 Å². The maximum atomic E-state index is 11.4. The summed E-state index contributed by atoms with van der Waals surface area (Å²) in [6, 6.07) is 8.66. The van der Waals surface area contributed by atoms with Gasteiger partial charge in [-0.2, -0.15) is 4.98 Å². The van der Waals surface area contributed by atoms with Gasteiger partial charge in [-0.25, -0.2) is 4.09 Å². The second-order valence-electron chi connectivity index (χ2n) is 3.54. The zero-order chi connectivity index (χ0) is 12.4. The third kappa shape index (κ3) is 2.17. The lowest BCUT2D eigenvalue weighted by Crippen LogP contribution is -2.12. The van der Waals surface area contributed by atoms with Gasteiger partial charge in [-0.15, -0.1) is 0 Å². The van der Waals surface area contributed by atoms with Crippen molar-refractivity contribution in [1.29, 1.82) is 0 Å². The number of para-hydroxylation sites is 1. The van der Waals surface area contributed by atoms with Crippen LogP contribution in [0.3, 0.4) is 0 Å². The molecule has 0 unspecified atom stereocenters. The first-order valence-corrected chi connectivity index (χ1v) is 5.37. The summed E-state index contributed by atoms with van der Waals surface area (Å²) in [7, 11) is 1.56. The van der Waals surface area contributed by atoms with E-state index in [9.17, 15) is 4.79 Å². The fourth-order valence-electron chi connectivity index (χ4n) is 1.58. The summed E-state index contributed by atoms with van der Waals surface area (Å²) in [6.07, 6.45) is 0. The van der Waals surface area contributed by atoms with Crippen molar-refractivity contribution in [3.8, 4) is 17.1 Å². The lowest BCUT2D eigenvalue weighted by atomic mass is 10.2. The first kappa shape index (κ1) is 11.7. The van der Waals surface area contributed by atoms with E-state index in [1.807, 2.05) is 12.1 Å². The van der Waals surface area contributed by atoms with Crippen molar-refractivity contribution in [2.24, 2.45) is 0 Å². The summed E-state index contributed by atoms with van der Waals surface area (Å²) in [5.41, 5.74) is 0.999. The maximum Gasteiger partial charge on any atom is 0.273 e. The molecule has 2 aromatic rings. The predicted molar refractivity (Wildman–Crippen MR) is 66.5 cm³/mol. The molecule has 2 rings (SSSR count). The number of rotatable bonds is 2. The Labute approximate surface area is 104 Å². The smallest absolute Gasteiger partial charge is 0.273 e. The van der Waals surface area contributed by atoms with Crippen LogP contribution in [0.1, 0.15) is 5.69 Å². The third-order valence-corrected chi connectivity index (χ3v) is 2.82. The van der Waals surface area contributed by atoms with Gasteiger partial charge >= 0.3 is 0 Å². The Hall–Kier alpha value is -1.81. The summed E-state index contributed by atoms with van der Waals surface area (Å²) < 4.78 is 6.57. The fraction of sp³-hybridized carbons (Fsp3) is 0.167. The molecule has 0 N–H and O–H groups in total. The van der Waals surface area contributed by atoms with E-state index < -0.39 is 0 Å². The highest BCUT2D eigenvalue weighted by Crippen LogP contribution is 2.28. The van der Waals surface area contributed by atoms with Crippen LogP contribution in [0, 0.1) is 6.92 Å². The van der Waals surface area contributed by atoms with E-state index in [0.29, 0.717) is 22.8 Å². The molecule has 0 aliphatic heterocycles. The van der Waals surface area contributed by atoms with Crippen LogP contribution in [0.15, 0.2) is 35.1 Å². The zero-order valence-corrected chi connectivity index (χ0v) is 10.2. The minimum absolute atomic E-state index is 0.319. The Balaban J connectivity index is 2.72. The first-order valence-electron chi connectivity index (χ1n) is 5.03. The Bertz CT molecular complexity index is 608. The zero-order valence-electron chi connectivity index (χ0n) is 9.48. The number of methoxy groups -OCH3 is 1.